The summed E-state index contributed by atoms with van der Waals surface area (Å²) in [6.07, 6.45) is 0. The van der Waals surface area contributed by atoms with Crippen LogP contribution in [0.15, 0.2) is 88.9 Å². The fourth-order valence-corrected chi connectivity index (χ4v) is 3.96. The van der Waals surface area contributed by atoms with Gasteiger partial charge < -0.3 is 5.11 Å². The summed E-state index contributed by atoms with van der Waals surface area (Å²) in [6, 6.07) is 20.0. The van der Waals surface area contributed by atoms with Gasteiger partial charge in [-0.05, 0) is 35.9 Å². The Kier molecular flexibility index (Phi) is 5.39. The van der Waals surface area contributed by atoms with Crippen molar-refractivity contribution in [2.24, 2.45) is 0 Å². The highest BCUT2D eigenvalue weighted by Crippen LogP contribution is 2.42. The highest BCUT2D eigenvalue weighted by molar-refractivity contribution is 9.10. The lowest BCUT2D eigenvalue weighted by atomic mass is 9.95. The molecule has 31 heavy (non-hydrogen) atoms. The molecule has 7 nitrogen and oxygen atoms in total. The molecule has 0 bridgehead atoms. The van der Waals surface area contributed by atoms with Crippen molar-refractivity contribution in [3.8, 4) is 0 Å². The van der Waals surface area contributed by atoms with Gasteiger partial charge in [-0.15, -0.1) is 0 Å². The number of hydrogen-bond donors (Lipinski definition) is 1. The second-order valence-electron chi connectivity index (χ2n) is 6.86. The Hall–Kier alpha value is -3.78. The maximum atomic E-state index is 13.0. The number of anilines is 1. The number of carbonyl (C=O) groups is 2. The molecule has 1 heterocycles. The van der Waals surface area contributed by atoms with Crippen molar-refractivity contribution in [1.82, 2.24) is 0 Å². The number of ketones is 1. The van der Waals surface area contributed by atoms with Crippen LogP contribution in [0, 0.1) is 10.1 Å². The lowest BCUT2D eigenvalue weighted by Gasteiger charge is -2.25. The van der Waals surface area contributed by atoms with E-state index in [-0.39, 0.29) is 17.0 Å². The molecule has 3 aromatic carbocycles. The normalized spacial score (nSPS) is 17.7. The number of aliphatic hydroxyl groups excluding tert-OH is 1. The summed E-state index contributed by atoms with van der Waals surface area (Å²) in [5.41, 5.74) is 1.10. The van der Waals surface area contributed by atoms with Crippen LogP contribution in [0.2, 0.25) is 0 Å². The van der Waals surface area contributed by atoms with E-state index in [1.54, 1.807) is 54.6 Å². The Morgan fingerprint density at radius 3 is 2.26 bits per heavy atom. The third-order valence-electron chi connectivity index (χ3n) is 5.00. The molecule has 0 radical (unpaired) electrons. The molecule has 1 N–H and O–H groups in total. The van der Waals surface area contributed by atoms with Gasteiger partial charge in [0.25, 0.3) is 17.4 Å². The number of rotatable bonds is 4. The van der Waals surface area contributed by atoms with E-state index >= 15 is 0 Å². The smallest absolute Gasteiger partial charge is 0.300 e. The largest absolute Gasteiger partial charge is 0.507 e. The molecule has 0 aliphatic carbocycles. The Balaban J connectivity index is 1.94. The van der Waals surface area contributed by atoms with Gasteiger partial charge >= 0.3 is 0 Å². The van der Waals surface area contributed by atoms with Crippen LogP contribution in [-0.4, -0.2) is 21.7 Å². The number of hydrogen-bond acceptors (Lipinski definition) is 5. The topological polar surface area (TPSA) is 101 Å². The number of carbonyl (C=O) groups excluding carboxylic acids is 2. The quantitative estimate of drug-likeness (QED) is 0.187. The van der Waals surface area contributed by atoms with E-state index < -0.39 is 22.7 Å². The Morgan fingerprint density at radius 2 is 1.65 bits per heavy atom. The van der Waals surface area contributed by atoms with Gasteiger partial charge in [-0.1, -0.05) is 52.3 Å². The Morgan fingerprint density at radius 1 is 0.968 bits per heavy atom. The molecule has 154 valence electrons. The van der Waals surface area contributed by atoms with Crippen molar-refractivity contribution >= 4 is 44.8 Å². The summed E-state index contributed by atoms with van der Waals surface area (Å²) < 4.78 is 0.706. The van der Waals surface area contributed by atoms with Gasteiger partial charge in [0.15, 0.2) is 0 Å². The first-order valence-corrected chi connectivity index (χ1v) is 10.0. The van der Waals surface area contributed by atoms with Crippen LogP contribution in [0.4, 0.5) is 11.4 Å². The van der Waals surface area contributed by atoms with Gasteiger partial charge in [0.1, 0.15) is 5.76 Å². The first-order valence-electron chi connectivity index (χ1n) is 9.25. The van der Waals surface area contributed by atoms with E-state index in [1.807, 2.05) is 0 Å². The number of nitro benzene ring substituents is 1. The van der Waals surface area contributed by atoms with Gasteiger partial charge in [-0.3, -0.25) is 24.6 Å². The maximum Gasteiger partial charge on any atom is 0.300 e. The molecule has 1 amide bonds. The van der Waals surface area contributed by atoms with Crippen molar-refractivity contribution < 1.29 is 19.6 Å². The van der Waals surface area contributed by atoms with Crippen molar-refractivity contribution in [2.75, 3.05) is 4.90 Å². The van der Waals surface area contributed by atoms with E-state index in [0.717, 1.165) is 0 Å². The van der Waals surface area contributed by atoms with E-state index in [1.165, 1.54) is 29.2 Å². The zero-order valence-electron chi connectivity index (χ0n) is 15.9. The van der Waals surface area contributed by atoms with Crippen molar-refractivity contribution in [1.29, 1.82) is 0 Å². The molecule has 0 saturated carbocycles. The van der Waals surface area contributed by atoms with Crippen LogP contribution in [-0.2, 0) is 9.59 Å². The average molecular weight is 479 g/mol. The highest BCUT2D eigenvalue weighted by atomic mass is 79.9. The van der Waals surface area contributed by atoms with Crippen molar-refractivity contribution in [3.05, 3.63) is 110 Å². The van der Waals surface area contributed by atoms with Crippen LogP contribution in [0.1, 0.15) is 17.2 Å². The zero-order chi connectivity index (χ0) is 22.1. The van der Waals surface area contributed by atoms with E-state index in [2.05, 4.69) is 15.9 Å². The fourth-order valence-electron chi connectivity index (χ4n) is 3.57. The van der Waals surface area contributed by atoms with Gasteiger partial charge in [-0.25, -0.2) is 0 Å². The minimum absolute atomic E-state index is 0.0787. The molecular formula is C23H15BrN2O5. The zero-order valence-corrected chi connectivity index (χ0v) is 17.5. The van der Waals surface area contributed by atoms with Crippen LogP contribution < -0.4 is 4.90 Å². The summed E-state index contributed by atoms with van der Waals surface area (Å²) in [5.74, 6) is -1.93. The summed E-state index contributed by atoms with van der Waals surface area (Å²) >= 11 is 3.37. The third kappa shape index (κ3) is 3.73. The number of benzene rings is 3. The molecule has 1 aliphatic rings. The van der Waals surface area contributed by atoms with Crippen LogP contribution in [0.25, 0.3) is 5.76 Å². The Labute approximate surface area is 185 Å². The number of nitrogens with zero attached hydrogens (tertiary/aromatic N) is 2. The number of Topliss-reactive ketones (excluding diaryl/α,β-unsaturated/α-hetero) is 1. The number of non-ortho nitro benzene ring substituents is 1. The standard InChI is InChI=1S/C23H15BrN2O5/c24-16-7-4-8-18(13-16)25-20(14-9-11-17(12-10-14)26(30)31)19(22(28)23(25)29)21(27)15-5-2-1-3-6-15/h1-13,20,27H/t20-/m0/s1. The summed E-state index contributed by atoms with van der Waals surface area (Å²) in [7, 11) is 0. The van der Waals surface area contributed by atoms with Crippen LogP contribution in [0.3, 0.4) is 0 Å². The summed E-state index contributed by atoms with van der Waals surface area (Å²) in [4.78, 5) is 37.9. The molecule has 8 heteroatoms. The van der Waals surface area contributed by atoms with E-state index in [4.69, 9.17) is 0 Å². The predicted molar refractivity (Wildman–Crippen MR) is 118 cm³/mol. The summed E-state index contributed by atoms with van der Waals surface area (Å²) in [5, 5.41) is 22.0. The highest BCUT2D eigenvalue weighted by Gasteiger charge is 2.47. The second-order valence-corrected chi connectivity index (χ2v) is 7.78. The monoisotopic (exact) mass is 478 g/mol. The average Bonchev–Trinajstić information content (AvgIpc) is 3.04. The first-order chi connectivity index (χ1) is 14.9. The van der Waals surface area contributed by atoms with E-state index in [9.17, 15) is 24.8 Å². The van der Waals surface area contributed by atoms with Crippen LogP contribution in [0.5, 0.6) is 0 Å². The molecule has 1 saturated heterocycles. The Bertz CT molecular complexity index is 1220. The van der Waals surface area contributed by atoms with Crippen molar-refractivity contribution in [3.63, 3.8) is 0 Å². The molecule has 4 rings (SSSR count). The number of amides is 1. The van der Waals surface area contributed by atoms with E-state index in [0.29, 0.717) is 21.3 Å². The minimum atomic E-state index is -0.949. The summed E-state index contributed by atoms with van der Waals surface area (Å²) in [6.45, 7) is 0. The number of nitro groups is 1. The molecule has 1 aliphatic heterocycles. The van der Waals surface area contributed by atoms with Crippen molar-refractivity contribution in [2.45, 2.75) is 6.04 Å². The lowest BCUT2D eigenvalue weighted by Crippen LogP contribution is -2.29. The molecule has 0 spiro atoms. The lowest BCUT2D eigenvalue weighted by molar-refractivity contribution is -0.384. The SMILES string of the molecule is O=C1C(=O)N(c2cccc(Br)c2)[C@@H](c2ccc([N+](=O)[O-])cc2)C1=C(O)c1ccccc1. The van der Waals surface area contributed by atoms with Gasteiger partial charge in [-0.2, -0.15) is 0 Å². The molecule has 1 fully saturated rings. The second kappa shape index (κ2) is 8.16. The molecule has 3 aromatic rings. The molecule has 0 unspecified atom stereocenters. The van der Waals surface area contributed by atoms with Gasteiger partial charge in [0.2, 0.25) is 0 Å². The fraction of sp³-hybridized carbons (Fsp3) is 0.0435. The first kappa shape index (κ1) is 20.5. The van der Waals surface area contributed by atoms with Gasteiger partial charge in [0.05, 0.1) is 16.5 Å². The number of halogens is 1. The van der Waals surface area contributed by atoms with Crippen LogP contribution >= 0.6 is 15.9 Å². The van der Waals surface area contributed by atoms with Gasteiger partial charge in [0, 0.05) is 27.9 Å². The molecule has 1 atom stereocenters. The predicted octanol–water partition coefficient (Wildman–Crippen LogP) is 4.98. The molecule has 0 aromatic heterocycles. The molecular weight excluding hydrogens is 464 g/mol. The maximum absolute atomic E-state index is 13.0. The third-order valence-corrected chi connectivity index (χ3v) is 5.49. The number of aliphatic hydroxyl groups is 1. The minimum Gasteiger partial charge on any atom is -0.507 e.